The summed E-state index contributed by atoms with van der Waals surface area (Å²) in [6, 6.07) is 10.2. The lowest BCUT2D eigenvalue weighted by atomic mass is 10.1. The average Bonchev–Trinajstić information content (AvgIpc) is 3.23. The van der Waals surface area contributed by atoms with Crippen LogP contribution in [0, 0.1) is 5.82 Å². The maximum atomic E-state index is 13.7. The van der Waals surface area contributed by atoms with Crippen molar-refractivity contribution in [2.24, 2.45) is 4.99 Å². The van der Waals surface area contributed by atoms with Crippen LogP contribution in [0.2, 0.25) is 0 Å². The molecule has 6 nitrogen and oxygen atoms in total. The molecule has 1 aliphatic heterocycles. The summed E-state index contributed by atoms with van der Waals surface area (Å²) in [5.41, 5.74) is 0.672. The molecule has 0 aliphatic carbocycles. The number of hydrogen-bond donors (Lipinski definition) is 1. The van der Waals surface area contributed by atoms with Crippen molar-refractivity contribution in [3.63, 3.8) is 0 Å². The zero-order valence-corrected chi connectivity index (χ0v) is 18.3. The van der Waals surface area contributed by atoms with Crippen LogP contribution in [0.1, 0.15) is 23.0 Å². The highest BCUT2D eigenvalue weighted by Crippen LogP contribution is 2.10. The lowest BCUT2D eigenvalue weighted by Crippen LogP contribution is -2.53. The number of carbonyl (C=O) groups excluding carboxylic acids is 1. The zero-order valence-electron chi connectivity index (χ0n) is 15.9. The van der Waals surface area contributed by atoms with E-state index in [2.05, 4.69) is 15.2 Å². The molecule has 1 fully saturated rings. The topological polar surface area (TPSA) is 61.1 Å². The molecule has 0 atom stereocenters. The third-order valence-electron chi connectivity index (χ3n) is 4.53. The Kier molecular flexibility index (Phi) is 8.75. The minimum atomic E-state index is -0.192. The average molecular weight is 500 g/mol. The van der Waals surface area contributed by atoms with E-state index in [0.29, 0.717) is 50.5 Å². The van der Waals surface area contributed by atoms with Gasteiger partial charge in [-0.05, 0) is 37.1 Å². The molecule has 0 unspecified atom stereocenters. The molecule has 3 rings (SSSR count). The van der Waals surface area contributed by atoms with Crippen molar-refractivity contribution in [2.75, 3.05) is 39.3 Å². The smallest absolute Gasteiger partial charge is 0.289 e. The van der Waals surface area contributed by atoms with E-state index < -0.39 is 0 Å². The molecule has 0 spiro atoms. The number of guanidine groups is 1. The second-order valence-electron chi connectivity index (χ2n) is 6.33. The SMILES string of the molecule is CCNC(=NCCc1ccccc1F)N1CCN(C(=O)c2ccco2)CC1.I. The summed E-state index contributed by atoms with van der Waals surface area (Å²) < 4.78 is 18.9. The number of rotatable bonds is 5. The van der Waals surface area contributed by atoms with Gasteiger partial charge in [-0.15, -0.1) is 24.0 Å². The third kappa shape index (κ3) is 5.70. The summed E-state index contributed by atoms with van der Waals surface area (Å²) in [5.74, 6) is 0.900. The Morgan fingerprint density at radius 1 is 1.14 bits per heavy atom. The van der Waals surface area contributed by atoms with Gasteiger partial charge in [0.15, 0.2) is 11.7 Å². The second kappa shape index (κ2) is 11.0. The van der Waals surface area contributed by atoms with Crippen LogP contribution in [0.4, 0.5) is 4.39 Å². The van der Waals surface area contributed by atoms with E-state index in [0.717, 1.165) is 12.5 Å². The molecule has 1 aromatic carbocycles. The summed E-state index contributed by atoms with van der Waals surface area (Å²) >= 11 is 0. The van der Waals surface area contributed by atoms with Crippen LogP contribution < -0.4 is 5.32 Å². The molecular formula is C20H26FIN4O2. The van der Waals surface area contributed by atoms with E-state index in [4.69, 9.17) is 4.42 Å². The molecule has 1 amide bonds. The Bertz CT molecular complexity index is 774. The molecule has 1 saturated heterocycles. The zero-order chi connectivity index (χ0) is 19.1. The number of furan rings is 1. The standard InChI is InChI=1S/C20H25FN4O2.HI/c1-2-22-20(23-10-9-16-6-3-4-7-17(16)21)25-13-11-24(12-14-25)19(26)18-8-5-15-27-18;/h3-8,15H,2,9-14H2,1H3,(H,22,23);1H. The number of carbonyl (C=O) groups is 1. The predicted molar refractivity (Wildman–Crippen MR) is 118 cm³/mol. The Hall–Kier alpha value is -2.10. The summed E-state index contributed by atoms with van der Waals surface area (Å²) in [4.78, 5) is 20.9. The second-order valence-corrected chi connectivity index (χ2v) is 6.33. The first-order valence-electron chi connectivity index (χ1n) is 9.28. The lowest BCUT2D eigenvalue weighted by molar-refractivity contribution is 0.0657. The first-order valence-corrected chi connectivity index (χ1v) is 9.28. The van der Waals surface area contributed by atoms with Crippen LogP contribution in [0.15, 0.2) is 52.1 Å². The quantitative estimate of drug-likeness (QED) is 0.390. The Morgan fingerprint density at radius 2 is 1.86 bits per heavy atom. The van der Waals surface area contributed by atoms with E-state index in [1.54, 1.807) is 29.2 Å². The molecule has 2 heterocycles. The predicted octanol–water partition coefficient (Wildman–Crippen LogP) is 3.00. The normalized spacial score (nSPS) is 14.6. The monoisotopic (exact) mass is 500 g/mol. The minimum absolute atomic E-state index is 0. The van der Waals surface area contributed by atoms with Gasteiger partial charge in [-0.25, -0.2) is 4.39 Å². The number of halogens is 2. The van der Waals surface area contributed by atoms with Crippen LogP contribution in [0.25, 0.3) is 0 Å². The van der Waals surface area contributed by atoms with Crippen molar-refractivity contribution in [1.82, 2.24) is 15.1 Å². The highest BCUT2D eigenvalue weighted by molar-refractivity contribution is 14.0. The molecular weight excluding hydrogens is 474 g/mol. The summed E-state index contributed by atoms with van der Waals surface area (Å²) in [7, 11) is 0. The number of piperazine rings is 1. The molecule has 0 saturated carbocycles. The van der Waals surface area contributed by atoms with Crippen LogP contribution in [-0.4, -0.2) is 60.9 Å². The van der Waals surface area contributed by atoms with Gasteiger partial charge in [0.25, 0.3) is 5.91 Å². The Morgan fingerprint density at radius 3 is 2.50 bits per heavy atom. The fourth-order valence-corrected chi connectivity index (χ4v) is 3.09. The number of benzene rings is 1. The summed E-state index contributed by atoms with van der Waals surface area (Å²) in [6.45, 7) is 5.88. The molecule has 0 radical (unpaired) electrons. The van der Waals surface area contributed by atoms with Crippen LogP contribution in [0.5, 0.6) is 0 Å². The highest BCUT2D eigenvalue weighted by Gasteiger charge is 2.25. The van der Waals surface area contributed by atoms with Gasteiger partial charge in [-0.1, -0.05) is 18.2 Å². The molecule has 28 heavy (non-hydrogen) atoms. The van der Waals surface area contributed by atoms with Crippen molar-refractivity contribution in [2.45, 2.75) is 13.3 Å². The first kappa shape index (κ1) is 22.2. The summed E-state index contributed by atoms with van der Waals surface area (Å²) in [5, 5.41) is 3.29. The van der Waals surface area contributed by atoms with Gasteiger partial charge in [0, 0.05) is 39.3 Å². The number of nitrogens with one attached hydrogen (secondary N) is 1. The van der Waals surface area contributed by atoms with Gasteiger partial charge < -0.3 is 19.5 Å². The fraction of sp³-hybridized carbons (Fsp3) is 0.400. The highest BCUT2D eigenvalue weighted by atomic mass is 127. The molecule has 8 heteroatoms. The van der Waals surface area contributed by atoms with Gasteiger partial charge >= 0.3 is 0 Å². The summed E-state index contributed by atoms with van der Waals surface area (Å²) in [6.07, 6.45) is 2.06. The van der Waals surface area contributed by atoms with Crippen molar-refractivity contribution in [3.8, 4) is 0 Å². The van der Waals surface area contributed by atoms with Crippen LogP contribution in [-0.2, 0) is 6.42 Å². The van der Waals surface area contributed by atoms with Gasteiger partial charge in [-0.3, -0.25) is 9.79 Å². The number of hydrogen-bond acceptors (Lipinski definition) is 3. The van der Waals surface area contributed by atoms with Gasteiger partial charge in [0.1, 0.15) is 5.82 Å². The largest absolute Gasteiger partial charge is 0.459 e. The minimum Gasteiger partial charge on any atom is -0.459 e. The maximum Gasteiger partial charge on any atom is 0.289 e. The first-order chi connectivity index (χ1) is 13.2. The molecule has 1 aliphatic rings. The van der Waals surface area contributed by atoms with Crippen LogP contribution in [0.3, 0.4) is 0 Å². The van der Waals surface area contributed by atoms with Crippen molar-refractivity contribution < 1.29 is 13.6 Å². The molecule has 1 N–H and O–H groups in total. The molecule has 0 bridgehead atoms. The number of nitrogens with zero attached hydrogens (tertiary/aromatic N) is 3. The van der Waals surface area contributed by atoms with Crippen molar-refractivity contribution >= 4 is 35.8 Å². The van der Waals surface area contributed by atoms with E-state index in [9.17, 15) is 9.18 Å². The lowest BCUT2D eigenvalue weighted by Gasteiger charge is -2.36. The number of amides is 1. The Balaban J connectivity index is 0.00000280. The maximum absolute atomic E-state index is 13.7. The van der Waals surface area contributed by atoms with E-state index >= 15 is 0 Å². The van der Waals surface area contributed by atoms with Crippen LogP contribution >= 0.6 is 24.0 Å². The number of aliphatic imine (C=N–C) groups is 1. The van der Waals surface area contributed by atoms with Gasteiger partial charge in [0.05, 0.1) is 6.26 Å². The van der Waals surface area contributed by atoms with Crippen molar-refractivity contribution in [3.05, 3.63) is 59.8 Å². The fourth-order valence-electron chi connectivity index (χ4n) is 3.09. The van der Waals surface area contributed by atoms with E-state index in [-0.39, 0.29) is 35.7 Å². The molecule has 1 aromatic heterocycles. The molecule has 152 valence electrons. The van der Waals surface area contributed by atoms with Gasteiger partial charge in [-0.2, -0.15) is 0 Å². The Labute approximate surface area is 181 Å². The third-order valence-corrected chi connectivity index (χ3v) is 4.53. The van der Waals surface area contributed by atoms with E-state index in [1.165, 1.54) is 12.3 Å². The van der Waals surface area contributed by atoms with E-state index in [1.807, 2.05) is 13.0 Å². The van der Waals surface area contributed by atoms with Crippen molar-refractivity contribution in [1.29, 1.82) is 0 Å². The van der Waals surface area contributed by atoms with Gasteiger partial charge in [0.2, 0.25) is 0 Å². The molecule has 2 aromatic rings.